The minimum absolute atomic E-state index is 0.0138. The van der Waals surface area contributed by atoms with Gasteiger partial charge in [0.05, 0.1) is 0 Å². The molecule has 4 heteroatoms. The minimum atomic E-state index is 0.0138. The first-order chi connectivity index (χ1) is 7.51. The molecule has 1 atom stereocenters. The maximum absolute atomic E-state index is 11.5. The van der Waals surface area contributed by atoms with Gasteiger partial charge in [-0.15, -0.1) is 0 Å². The summed E-state index contributed by atoms with van der Waals surface area (Å²) in [6.07, 6.45) is 3.88. The molecule has 0 spiro atoms. The molecule has 1 rings (SSSR count). The molecule has 1 aliphatic carbocycles. The topological polar surface area (TPSA) is 58.4 Å². The van der Waals surface area contributed by atoms with Crippen molar-refractivity contribution >= 4 is 5.91 Å². The van der Waals surface area contributed by atoms with Crippen LogP contribution in [-0.4, -0.2) is 42.5 Å². The average molecular weight is 227 g/mol. The molecule has 16 heavy (non-hydrogen) atoms. The molecular formula is C12H25N3O. The Bertz CT molecular complexity index is 234. The number of nitrogens with two attached hydrogens (primary N) is 1. The fourth-order valence-corrected chi connectivity index (χ4v) is 1.64. The van der Waals surface area contributed by atoms with E-state index in [1.165, 1.54) is 0 Å². The lowest BCUT2D eigenvalue weighted by atomic mass is 9.97. The molecule has 1 aliphatic rings. The number of rotatable bonds is 7. The van der Waals surface area contributed by atoms with E-state index >= 15 is 0 Å². The van der Waals surface area contributed by atoms with E-state index in [-0.39, 0.29) is 11.4 Å². The highest BCUT2D eigenvalue weighted by Crippen LogP contribution is 2.19. The highest BCUT2D eigenvalue weighted by molar-refractivity contribution is 5.76. The van der Waals surface area contributed by atoms with E-state index in [4.69, 9.17) is 5.73 Å². The monoisotopic (exact) mass is 227 g/mol. The maximum atomic E-state index is 11.5. The van der Waals surface area contributed by atoms with Gasteiger partial charge in [0.15, 0.2) is 0 Å². The summed E-state index contributed by atoms with van der Waals surface area (Å²) in [6, 6.07) is 0.463. The Hall–Kier alpha value is -0.610. The molecule has 0 saturated heterocycles. The number of nitrogens with zero attached hydrogens (tertiary/aromatic N) is 1. The smallest absolute Gasteiger partial charge is 0.221 e. The molecule has 1 unspecified atom stereocenters. The van der Waals surface area contributed by atoms with Crippen molar-refractivity contribution in [1.82, 2.24) is 10.2 Å². The maximum Gasteiger partial charge on any atom is 0.221 e. The molecule has 1 amide bonds. The van der Waals surface area contributed by atoms with E-state index in [1.807, 2.05) is 7.05 Å². The van der Waals surface area contributed by atoms with Crippen LogP contribution in [0.15, 0.2) is 0 Å². The van der Waals surface area contributed by atoms with Crippen molar-refractivity contribution in [1.29, 1.82) is 0 Å². The van der Waals surface area contributed by atoms with Crippen molar-refractivity contribution in [2.24, 2.45) is 5.73 Å². The van der Waals surface area contributed by atoms with E-state index in [9.17, 15) is 4.79 Å². The zero-order valence-electron chi connectivity index (χ0n) is 10.8. The Labute approximate surface area is 98.6 Å². The number of hydrogen-bond acceptors (Lipinski definition) is 3. The van der Waals surface area contributed by atoms with E-state index in [1.54, 1.807) is 0 Å². The van der Waals surface area contributed by atoms with Crippen LogP contribution in [0.25, 0.3) is 0 Å². The first-order valence-corrected chi connectivity index (χ1v) is 6.22. The predicted molar refractivity (Wildman–Crippen MR) is 66.2 cm³/mol. The van der Waals surface area contributed by atoms with Gasteiger partial charge in [-0.05, 0) is 33.2 Å². The van der Waals surface area contributed by atoms with Crippen LogP contribution in [0.5, 0.6) is 0 Å². The van der Waals surface area contributed by atoms with E-state index in [2.05, 4.69) is 24.1 Å². The normalized spacial score (nSPS) is 19.6. The summed E-state index contributed by atoms with van der Waals surface area (Å²) in [7, 11) is 2.04. The summed E-state index contributed by atoms with van der Waals surface area (Å²) in [5.74, 6) is 0.171. The van der Waals surface area contributed by atoms with Crippen molar-refractivity contribution in [2.75, 3.05) is 20.1 Å². The number of carbonyl (C=O) groups excluding carboxylic acids is 1. The summed E-state index contributed by atoms with van der Waals surface area (Å²) < 4.78 is 0. The second-order valence-electron chi connectivity index (χ2n) is 5.07. The number of hydrogen-bond donors (Lipinski definition) is 2. The van der Waals surface area contributed by atoms with E-state index in [0.29, 0.717) is 19.0 Å². The Morgan fingerprint density at radius 3 is 2.62 bits per heavy atom. The Kier molecular flexibility index (Phi) is 4.74. The van der Waals surface area contributed by atoms with Gasteiger partial charge in [-0.3, -0.25) is 9.69 Å². The lowest BCUT2D eigenvalue weighted by Gasteiger charge is -2.37. The molecule has 1 saturated carbocycles. The highest BCUT2D eigenvalue weighted by atomic mass is 16.1. The van der Waals surface area contributed by atoms with Gasteiger partial charge in [-0.25, -0.2) is 0 Å². The molecule has 0 radical (unpaired) electrons. The van der Waals surface area contributed by atoms with Crippen molar-refractivity contribution in [3.05, 3.63) is 0 Å². The molecule has 4 nitrogen and oxygen atoms in total. The summed E-state index contributed by atoms with van der Waals surface area (Å²) in [4.78, 5) is 13.7. The van der Waals surface area contributed by atoms with Gasteiger partial charge in [0.2, 0.25) is 5.91 Å². The van der Waals surface area contributed by atoms with Gasteiger partial charge < -0.3 is 11.1 Å². The lowest BCUT2D eigenvalue weighted by molar-refractivity contribution is -0.121. The third-order valence-electron chi connectivity index (χ3n) is 3.74. The Morgan fingerprint density at radius 2 is 2.19 bits per heavy atom. The second kappa shape index (κ2) is 5.64. The molecule has 0 aromatic heterocycles. The molecule has 0 heterocycles. The van der Waals surface area contributed by atoms with E-state index in [0.717, 1.165) is 25.8 Å². The lowest BCUT2D eigenvalue weighted by Crippen LogP contribution is -2.50. The van der Waals surface area contributed by atoms with Crippen LogP contribution in [0, 0.1) is 0 Å². The standard InChI is InChI=1S/C12H25N3O/c1-4-12(2,9-13)15(3)8-7-11(16)14-10-5-6-10/h10H,4-9,13H2,1-3H3,(H,14,16). The SMILES string of the molecule is CCC(C)(CN)N(C)CCC(=O)NC1CC1. The van der Waals surface area contributed by atoms with Crippen molar-refractivity contribution < 1.29 is 4.79 Å². The number of likely N-dealkylation sites (N-methyl/N-ethyl adjacent to an activating group) is 1. The van der Waals surface area contributed by atoms with Gasteiger partial charge in [0, 0.05) is 31.1 Å². The van der Waals surface area contributed by atoms with Crippen LogP contribution in [0.4, 0.5) is 0 Å². The van der Waals surface area contributed by atoms with Crippen LogP contribution in [0.1, 0.15) is 39.5 Å². The van der Waals surface area contributed by atoms with Crippen LogP contribution in [0.3, 0.4) is 0 Å². The molecule has 94 valence electrons. The van der Waals surface area contributed by atoms with Crippen molar-refractivity contribution in [3.63, 3.8) is 0 Å². The minimum Gasteiger partial charge on any atom is -0.353 e. The summed E-state index contributed by atoms with van der Waals surface area (Å²) in [5, 5.41) is 3.00. The average Bonchev–Trinajstić information content (AvgIpc) is 3.08. The molecule has 1 fully saturated rings. The van der Waals surface area contributed by atoms with Crippen LogP contribution >= 0.6 is 0 Å². The van der Waals surface area contributed by atoms with E-state index < -0.39 is 0 Å². The van der Waals surface area contributed by atoms with Crippen LogP contribution in [0.2, 0.25) is 0 Å². The van der Waals surface area contributed by atoms with Gasteiger partial charge in [-0.2, -0.15) is 0 Å². The third kappa shape index (κ3) is 3.76. The fraction of sp³-hybridized carbons (Fsp3) is 0.917. The zero-order chi connectivity index (χ0) is 12.2. The first-order valence-electron chi connectivity index (χ1n) is 6.22. The van der Waals surface area contributed by atoms with Crippen LogP contribution in [-0.2, 0) is 4.79 Å². The molecule has 0 aliphatic heterocycles. The summed E-state index contributed by atoms with van der Waals surface area (Å²) >= 11 is 0. The van der Waals surface area contributed by atoms with Gasteiger partial charge in [0.25, 0.3) is 0 Å². The van der Waals surface area contributed by atoms with Crippen molar-refractivity contribution in [3.8, 4) is 0 Å². The molecular weight excluding hydrogens is 202 g/mol. The van der Waals surface area contributed by atoms with Gasteiger partial charge in [0.1, 0.15) is 0 Å². The van der Waals surface area contributed by atoms with Crippen LogP contribution < -0.4 is 11.1 Å². The fourth-order valence-electron chi connectivity index (χ4n) is 1.64. The number of amides is 1. The first kappa shape index (κ1) is 13.5. The number of nitrogens with one attached hydrogen (secondary N) is 1. The number of carbonyl (C=O) groups is 1. The van der Waals surface area contributed by atoms with Gasteiger partial charge in [-0.1, -0.05) is 6.92 Å². The highest BCUT2D eigenvalue weighted by Gasteiger charge is 2.27. The third-order valence-corrected chi connectivity index (χ3v) is 3.74. The summed E-state index contributed by atoms with van der Waals surface area (Å²) in [6.45, 7) is 5.68. The van der Waals surface area contributed by atoms with Crippen molar-refractivity contribution in [2.45, 2.75) is 51.1 Å². The summed E-state index contributed by atoms with van der Waals surface area (Å²) in [5.41, 5.74) is 5.79. The largest absolute Gasteiger partial charge is 0.353 e. The molecule has 0 aromatic carbocycles. The molecule has 0 bridgehead atoms. The zero-order valence-corrected chi connectivity index (χ0v) is 10.8. The van der Waals surface area contributed by atoms with Gasteiger partial charge >= 0.3 is 0 Å². The quantitative estimate of drug-likeness (QED) is 0.673. The second-order valence-corrected chi connectivity index (χ2v) is 5.07. The predicted octanol–water partition coefficient (Wildman–Crippen LogP) is 0.714. The molecule has 3 N–H and O–H groups in total. The molecule has 0 aromatic rings. The Balaban J connectivity index is 2.26. The Morgan fingerprint density at radius 1 is 1.56 bits per heavy atom.